The van der Waals surface area contributed by atoms with Gasteiger partial charge in [0.25, 0.3) is 11.6 Å². The molecule has 0 spiro atoms. The molecule has 7 nitrogen and oxygen atoms in total. The molecule has 30 heavy (non-hydrogen) atoms. The van der Waals surface area contributed by atoms with Crippen molar-refractivity contribution in [2.75, 3.05) is 13.1 Å². The maximum absolute atomic E-state index is 12.7. The van der Waals surface area contributed by atoms with Gasteiger partial charge < -0.3 is 9.73 Å². The van der Waals surface area contributed by atoms with E-state index in [0.717, 1.165) is 25.3 Å². The maximum atomic E-state index is 12.7. The van der Waals surface area contributed by atoms with Gasteiger partial charge in [-0.1, -0.05) is 35.9 Å². The molecule has 1 aliphatic heterocycles. The molecule has 1 N–H and O–H groups in total. The number of nitrogens with one attached hydrogen (secondary N) is 1. The van der Waals surface area contributed by atoms with E-state index < -0.39 is 4.92 Å². The predicted octanol–water partition coefficient (Wildman–Crippen LogP) is 4.37. The fraction of sp³-hybridized carbons (Fsp3) is 0.227. The second-order valence-corrected chi connectivity index (χ2v) is 7.56. The zero-order valence-corrected chi connectivity index (χ0v) is 16.8. The van der Waals surface area contributed by atoms with E-state index in [1.807, 2.05) is 24.3 Å². The van der Waals surface area contributed by atoms with Crippen molar-refractivity contribution >= 4 is 23.2 Å². The van der Waals surface area contributed by atoms with Crippen LogP contribution in [0.3, 0.4) is 0 Å². The number of nitrogens with zero attached hydrogens (tertiary/aromatic N) is 2. The van der Waals surface area contributed by atoms with Gasteiger partial charge in [0.1, 0.15) is 5.76 Å². The third-order valence-electron chi connectivity index (χ3n) is 5.34. The molecule has 0 unspecified atom stereocenters. The van der Waals surface area contributed by atoms with Crippen LogP contribution in [0.25, 0.3) is 0 Å². The molecule has 0 aliphatic carbocycles. The number of amides is 1. The first-order valence-electron chi connectivity index (χ1n) is 9.59. The molecule has 1 atom stereocenters. The van der Waals surface area contributed by atoms with E-state index in [9.17, 15) is 14.9 Å². The largest absolute Gasteiger partial charge is 0.468 e. The molecular formula is C22H20ClN3O4. The van der Waals surface area contributed by atoms with E-state index in [1.54, 1.807) is 6.26 Å². The summed E-state index contributed by atoms with van der Waals surface area (Å²) < 4.78 is 5.65. The van der Waals surface area contributed by atoms with Crippen molar-refractivity contribution in [2.24, 2.45) is 0 Å². The SMILES string of the molecule is O=C(NC[C@@H](c1ccco1)N1CCc2ccccc2C1)c1ccc([N+](=O)[O-])cc1Cl. The van der Waals surface area contributed by atoms with Crippen molar-refractivity contribution in [3.8, 4) is 0 Å². The lowest BCUT2D eigenvalue weighted by Gasteiger charge is -2.34. The van der Waals surface area contributed by atoms with Crippen molar-refractivity contribution in [1.29, 1.82) is 0 Å². The minimum atomic E-state index is -0.547. The van der Waals surface area contributed by atoms with Crippen molar-refractivity contribution < 1.29 is 14.1 Å². The molecule has 3 aromatic rings. The Kier molecular flexibility index (Phi) is 5.83. The van der Waals surface area contributed by atoms with E-state index in [4.69, 9.17) is 16.0 Å². The van der Waals surface area contributed by atoms with Crippen LogP contribution in [0.5, 0.6) is 0 Å². The van der Waals surface area contributed by atoms with Crippen molar-refractivity contribution in [1.82, 2.24) is 10.2 Å². The Morgan fingerprint density at radius 1 is 1.20 bits per heavy atom. The Morgan fingerprint density at radius 2 is 2.00 bits per heavy atom. The Morgan fingerprint density at radius 3 is 2.70 bits per heavy atom. The minimum absolute atomic E-state index is 0.0446. The lowest BCUT2D eigenvalue weighted by Crippen LogP contribution is -2.40. The van der Waals surface area contributed by atoms with Crippen molar-refractivity contribution in [2.45, 2.75) is 19.0 Å². The lowest BCUT2D eigenvalue weighted by atomic mass is 9.98. The molecule has 8 heteroatoms. The van der Waals surface area contributed by atoms with Gasteiger partial charge in [0, 0.05) is 31.8 Å². The normalized spacial score (nSPS) is 14.7. The van der Waals surface area contributed by atoms with Gasteiger partial charge in [-0.2, -0.15) is 0 Å². The summed E-state index contributed by atoms with van der Waals surface area (Å²) in [6, 6.07) is 15.8. The molecule has 0 saturated carbocycles. The number of hydrogen-bond acceptors (Lipinski definition) is 5. The van der Waals surface area contributed by atoms with Crippen LogP contribution < -0.4 is 5.32 Å². The number of rotatable bonds is 6. The highest BCUT2D eigenvalue weighted by Gasteiger charge is 2.27. The molecule has 4 rings (SSSR count). The smallest absolute Gasteiger partial charge is 0.270 e. The summed E-state index contributed by atoms with van der Waals surface area (Å²) in [4.78, 5) is 25.3. The third-order valence-corrected chi connectivity index (χ3v) is 5.65. The summed E-state index contributed by atoms with van der Waals surface area (Å²) >= 11 is 6.09. The number of nitro benzene ring substituents is 1. The second-order valence-electron chi connectivity index (χ2n) is 7.15. The Labute approximate surface area is 178 Å². The first-order valence-corrected chi connectivity index (χ1v) is 9.97. The standard InChI is InChI=1S/C22H20ClN3O4/c23-19-12-17(26(28)29)7-8-18(19)22(27)24-13-20(21-6-3-11-30-21)25-10-9-15-4-1-2-5-16(15)14-25/h1-8,11-12,20H,9-10,13-14H2,(H,24,27)/t20-/m0/s1. The van der Waals surface area contributed by atoms with Crippen LogP contribution in [0.2, 0.25) is 5.02 Å². The molecule has 0 fully saturated rings. The highest BCUT2D eigenvalue weighted by Crippen LogP contribution is 2.28. The van der Waals surface area contributed by atoms with Crippen molar-refractivity contribution in [3.05, 3.63) is 98.4 Å². The first kappa shape index (κ1) is 20.1. The van der Waals surface area contributed by atoms with Gasteiger partial charge in [-0.25, -0.2) is 0 Å². The average molecular weight is 426 g/mol. The molecule has 2 heterocycles. The van der Waals surface area contributed by atoms with Gasteiger partial charge in [0.15, 0.2) is 0 Å². The number of fused-ring (bicyclic) bond motifs is 1. The number of nitro groups is 1. The molecule has 0 radical (unpaired) electrons. The van der Waals surface area contributed by atoms with E-state index in [0.29, 0.717) is 6.54 Å². The first-order chi connectivity index (χ1) is 14.5. The van der Waals surface area contributed by atoms with Crippen LogP contribution in [-0.4, -0.2) is 28.8 Å². The number of carbonyl (C=O) groups is 1. The molecule has 154 valence electrons. The molecule has 0 saturated heterocycles. The van der Waals surface area contributed by atoms with E-state index in [-0.39, 0.29) is 28.2 Å². The van der Waals surface area contributed by atoms with Crippen molar-refractivity contribution in [3.63, 3.8) is 0 Å². The summed E-state index contributed by atoms with van der Waals surface area (Å²) in [5, 5.41) is 13.8. The Balaban J connectivity index is 1.50. The molecule has 1 aliphatic rings. The van der Waals surface area contributed by atoms with Crippen LogP contribution in [0, 0.1) is 10.1 Å². The number of halogens is 1. The van der Waals surface area contributed by atoms with Crippen LogP contribution >= 0.6 is 11.6 Å². The minimum Gasteiger partial charge on any atom is -0.468 e. The highest BCUT2D eigenvalue weighted by atomic mass is 35.5. The lowest BCUT2D eigenvalue weighted by molar-refractivity contribution is -0.384. The van der Waals surface area contributed by atoms with Gasteiger partial charge in [0.2, 0.25) is 0 Å². The van der Waals surface area contributed by atoms with Gasteiger partial charge in [-0.3, -0.25) is 19.8 Å². The summed E-state index contributed by atoms with van der Waals surface area (Å²) in [6.07, 6.45) is 2.55. The monoisotopic (exact) mass is 425 g/mol. The molecule has 0 bridgehead atoms. The van der Waals surface area contributed by atoms with Crippen LogP contribution in [0.1, 0.15) is 33.3 Å². The van der Waals surface area contributed by atoms with Gasteiger partial charge >= 0.3 is 0 Å². The summed E-state index contributed by atoms with van der Waals surface area (Å²) in [6.45, 7) is 1.92. The van der Waals surface area contributed by atoms with Crippen LogP contribution in [0.15, 0.2) is 65.3 Å². The highest BCUT2D eigenvalue weighted by molar-refractivity contribution is 6.34. The number of carbonyl (C=O) groups excluding carboxylic acids is 1. The number of benzene rings is 2. The van der Waals surface area contributed by atoms with E-state index >= 15 is 0 Å². The fourth-order valence-electron chi connectivity index (χ4n) is 3.76. The van der Waals surface area contributed by atoms with Gasteiger partial charge in [-0.15, -0.1) is 0 Å². The van der Waals surface area contributed by atoms with Crippen LogP contribution in [-0.2, 0) is 13.0 Å². The molecule has 1 amide bonds. The topological polar surface area (TPSA) is 88.6 Å². The summed E-state index contributed by atoms with van der Waals surface area (Å²) in [7, 11) is 0. The quantitative estimate of drug-likeness (QED) is 0.468. The maximum Gasteiger partial charge on any atom is 0.270 e. The van der Waals surface area contributed by atoms with Crippen LogP contribution in [0.4, 0.5) is 5.69 Å². The number of hydrogen-bond donors (Lipinski definition) is 1. The molecule has 2 aromatic carbocycles. The summed E-state index contributed by atoms with van der Waals surface area (Å²) in [5.41, 5.74) is 2.65. The Hall–Kier alpha value is -3.16. The Bertz CT molecular complexity index is 1070. The molecular weight excluding hydrogens is 406 g/mol. The van der Waals surface area contributed by atoms with E-state index in [1.165, 1.54) is 29.3 Å². The number of furan rings is 1. The zero-order chi connectivity index (χ0) is 21.1. The molecule has 1 aromatic heterocycles. The second kappa shape index (κ2) is 8.69. The fourth-order valence-corrected chi connectivity index (χ4v) is 4.02. The van der Waals surface area contributed by atoms with Gasteiger partial charge in [-0.05, 0) is 35.7 Å². The summed E-state index contributed by atoms with van der Waals surface area (Å²) in [5.74, 6) is 0.383. The zero-order valence-electron chi connectivity index (χ0n) is 16.1. The number of non-ortho nitro benzene ring substituents is 1. The third kappa shape index (κ3) is 4.22. The van der Waals surface area contributed by atoms with Gasteiger partial charge in [0.05, 0.1) is 27.8 Å². The van der Waals surface area contributed by atoms with E-state index in [2.05, 4.69) is 22.3 Å². The predicted molar refractivity (Wildman–Crippen MR) is 112 cm³/mol. The average Bonchev–Trinajstić information content (AvgIpc) is 3.28.